The fraction of sp³-hybridized carbons (Fsp3) is 0.533. The van der Waals surface area contributed by atoms with Crippen molar-refractivity contribution in [3.63, 3.8) is 0 Å². The molecule has 1 aromatic rings. The Hall–Kier alpha value is -1.13. The first-order valence-corrected chi connectivity index (χ1v) is 6.87. The summed E-state index contributed by atoms with van der Waals surface area (Å²) in [5, 5.41) is 0. The molecule has 1 aliphatic rings. The molecule has 2 N–H and O–H groups in total. The van der Waals surface area contributed by atoms with Crippen LogP contribution in [0.3, 0.4) is 0 Å². The van der Waals surface area contributed by atoms with Gasteiger partial charge in [-0.15, -0.1) is 12.4 Å². The van der Waals surface area contributed by atoms with Crippen LogP contribution in [-0.4, -0.2) is 29.9 Å². The minimum Gasteiger partial charge on any atom is -0.339 e. The number of amides is 1. The highest BCUT2D eigenvalue weighted by molar-refractivity contribution is 5.85. The molecule has 0 saturated heterocycles. The SMILES string of the molecule is CC(CN)C(=O)N(CCc1ccc(F)cc1)C1CC1.Cl. The third kappa shape index (κ3) is 4.46. The maximum absolute atomic E-state index is 12.8. The first-order valence-electron chi connectivity index (χ1n) is 6.87. The van der Waals surface area contributed by atoms with Crippen molar-refractivity contribution in [3.8, 4) is 0 Å². The van der Waals surface area contributed by atoms with Gasteiger partial charge in [-0.2, -0.15) is 0 Å². The van der Waals surface area contributed by atoms with Crippen LogP contribution in [0, 0.1) is 11.7 Å². The monoisotopic (exact) mass is 300 g/mol. The molecule has 1 aliphatic carbocycles. The van der Waals surface area contributed by atoms with Crippen LogP contribution in [0.4, 0.5) is 4.39 Å². The number of carbonyl (C=O) groups is 1. The predicted octanol–water partition coefficient (Wildman–Crippen LogP) is 2.38. The number of hydrogen-bond acceptors (Lipinski definition) is 2. The minimum absolute atomic E-state index is 0. The van der Waals surface area contributed by atoms with E-state index < -0.39 is 0 Å². The van der Waals surface area contributed by atoms with Gasteiger partial charge in [0.2, 0.25) is 5.91 Å². The number of halogens is 2. The topological polar surface area (TPSA) is 46.3 Å². The Bertz CT molecular complexity index is 434. The number of carbonyl (C=O) groups excluding carboxylic acids is 1. The van der Waals surface area contributed by atoms with Gasteiger partial charge in [0.25, 0.3) is 0 Å². The third-order valence-electron chi connectivity index (χ3n) is 3.60. The van der Waals surface area contributed by atoms with E-state index in [2.05, 4.69) is 0 Å². The van der Waals surface area contributed by atoms with Gasteiger partial charge in [0, 0.05) is 25.0 Å². The molecule has 2 rings (SSSR count). The van der Waals surface area contributed by atoms with Crippen LogP contribution in [0.25, 0.3) is 0 Å². The van der Waals surface area contributed by atoms with E-state index in [4.69, 9.17) is 5.73 Å². The molecule has 0 bridgehead atoms. The standard InChI is InChI=1S/C15H21FN2O.ClH/c1-11(10-17)15(19)18(14-6-7-14)9-8-12-2-4-13(16)5-3-12;/h2-5,11,14H,6-10,17H2,1H3;1H. The molecule has 0 spiro atoms. The Morgan fingerprint density at radius 1 is 1.40 bits per heavy atom. The molecule has 1 atom stereocenters. The summed E-state index contributed by atoms with van der Waals surface area (Å²) in [4.78, 5) is 14.2. The average molecular weight is 301 g/mol. The lowest BCUT2D eigenvalue weighted by molar-refractivity contribution is -0.135. The second kappa shape index (κ2) is 7.60. The summed E-state index contributed by atoms with van der Waals surface area (Å²) in [5.41, 5.74) is 6.62. The number of nitrogens with zero attached hydrogens (tertiary/aromatic N) is 1. The van der Waals surface area contributed by atoms with E-state index in [1.807, 2.05) is 11.8 Å². The third-order valence-corrected chi connectivity index (χ3v) is 3.60. The largest absolute Gasteiger partial charge is 0.339 e. The smallest absolute Gasteiger partial charge is 0.226 e. The fourth-order valence-corrected chi connectivity index (χ4v) is 2.14. The van der Waals surface area contributed by atoms with Gasteiger partial charge in [-0.05, 0) is 37.0 Å². The van der Waals surface area contributed by atoms with Crippen molar-refractivity contribution >= 4 is 18.3 Å². The quantitative estimate of drug-likeness (QED) is 0.877. The Balaban J connectivity index is 0.00000200. The van der Waals surface area contributed by atoms with Crippen molar-refractivity contribution in [2.24, 2.45) is 11.7 Å². The second-order valence-electron chi connectivity index (χ2n) is 5.28. The van der Waals surface area contributed by atoms with Crippen LogP contribution in [0.1, 0.15) is 25.3 Å². The Labute approximate surface area is 125 Å². The fourth-order valence-electron chi connectivity index (χ4n) is 2.14. The summed E-state index contributed by atoms with van der Waals surface area (Å²) in [6, 6.07) is 6.86. The van der Waals surface area contributed by atoms with E-state index >= 15 is 0 Å². The Morgan fingerprint density at radius 3 is 2.50 bits per heavy atom. The summed E-state index contributed by atoms with van der Waals surface area (Å²) in [5.74, 6) is -0.198. The molecule has 0 radical (unpaired) electrons. The average Bonchev–Trinajstić information content (AvgIpc) is 3.24. The normalized spacial score (nSPS) is 15.3. The first-order chi connectivity index (χ1) is 9.11. The van der Waals surface area contributed by atoms with E-state index in [-0.39, 0.29) is 30.0 Å². The van der Waals surface area contributed by atoms with Crippen LogP contribution in [0.2, 0.25) is 0 Å². The molecular weight excluding hydrogens is 279 g/mol. The lowest BCUT2D eigenvalue weighted by atomic mass is 10.1. The molecule has 1 unspecified atom stereocenters. The van der Waals surface area contributed by atoms with Gasteiger partial charge in [-0.1, -0.05) is 19.1 Å². The molecule has 20 heavy (non-hydrogen) atoms. The molecular formula is C15H22ClFN2O. The Kier molecular flexibility index (Phi) is 6.43. The maximum Gasteiger partial charge on any atom is 0.226 e. The lowest BCUT2D eigenvalue weighted by Gasteiger charge is -2.25. The molecule has 0 aliphatic heterocycles. The van der Waals surface area contributed by atoms with Gasteiger partial charge in [0.05, 0.1) is 0 Å². The van der Waals surface area contributed by atoms with Crippen LogP contribution >= 0.6 is 12.4 Å². The van der Waals surface area contributed by atoms with Gasteiger partial charge in [0.1, 0.15) is 5.82 Å². The van der Waals surface area contributed by atoms with Gasteiger partial charge >= 0.3 is 0 Å². The highest BCUT2D eigenvalue weighted by atomic mass is 35.5. The van der Waals surface area contributed by atoms with E-state index in [1.54, 1.807) is 12.1 Å². The summed E-state index contributed by atoms with van der Waals surface area (Å²) >= 11 is 0. The molecule has 3 nitrogen and oxygen atoms in total. The zero-order valence-corrected chi connectivity index (χ0v) is 12.5. The molecule has 1 saturated carbocycles. The van der Waals surface area contributed by atoms with Crippen molar-refractivity contribution in [2.45, 2.75) is 32.2 Å². The zero-order chi connectivity index (χ0) is 13.8. The first kappa shape index (κ1) is 16.9. The van der Waals surface area contributed by atoms with Gasteiger partial charge < -0.3 is 10.6 Å². The summed E-state index contributed by atoms with van der Waals surface area (Å²) in [6.45, 7) is 2.95. The van der Waals surface area contributed by atoms with Crippen molar-refractivity contribution in [1.82, 2.24) is 4.90 Å². The van der Waals surface area contributed by atoms with Crippen LogP contribution < -0.4 is 5.73 Å². The summed E-state index contributed by atoms with van der Waals surface area (Å²) in [7, 11) is 0. The number of nitrogens with two attached hydrogens (primary N) is 1. The van der Waals surface area contributed by atoms with E-state index in [1.165, 1.54) is 12.1 Å². The minimum atomic E-state index is -0.226. The van der Waals surface area contributed by atoms with Crippen LogP contribution in [-0.2, 0) is 11.2 Å². The molecule has 5 heteroatoms. The summed E-state index contributed by atoms with van der Waals surface area (Å²) < 4.78 is 12.8. The molecule has 1 aromatic carbocycles. The maximum atomic E-state index is 12.8. The number of hydrogen-bond donors (Lipinski definition) is 1. The van der Waals surface area contributed by atoms with E-state index in [9.17, 15) is 9.18 Å². The predicted molar refractivity (Wildman–Crippen MR) is 80.3 cm³/mol. The molecule has 1 fully saturated rings. The second-order valence-corrected chi connectivity index (χ2v) is 5.28. The molecule has 112 valence electrons. The highest BCUT2D eigenvalue weighted by Crippen LogP contribution is 2.28. The van der Waals surface area contributed by atoms with Crippen LogP contribution in [0.15, 0.2) is 24.3 Å². The van der Waals surface area contributed by atoms with Crippen molar-refractivity contribution < 1.29 is 9.18 Å². The zero-order valence-electron chi connectivity index (χ0n) is 11.7. The van der Waals surface area contributed by atoms with E-state index in [0.29, 0.717) is 19.1 Å². The number of rotatable bonds is 6. The van der Waals surface area contributed by atoms with Crippen molar-refractivity contribution in [1.29, 1.82) is 0 Å². The molecule has 0 aromatic heterocycles. The van der Waals surface area contributed by atoms with E-state index in [0.717, 1.165) is 24.8 Å². The van der Waals surface area contributed by atoms with Crippen molar-refractivity contribution in [3.05, 3.63) is 35.6 Å². The van der Waals surface area contributed by atoms with Crippen molar-refractivity contribution in [2.75, 3.05) is 13.1 Å². The number of benzene rings is 1. The Morgan fingerprint density at radius 2 is 2.00 bits per heavy atom. The van der Waals surface area contributed by atoms with Crippen LogP contribution in [0.5, 0.6) is 0 Å². The molecule has 0 heterocycles. The lowest BCUT2D eigenvalue weighted by Crippen LogP contribution is -2.40. The van der Waals surface area contributed by atoms with Gasteiger partial charge in [-0.25, -0.2) is 4.39 Å². The van der Waals surface area contributed by atoms with Gasteiger partial charge in [0.15, 0.2) is 0 Å². The highest BCUT2D eigenvalue weighted by Gasteiger charge is 2.33. The summed E-state index contributed by atoms with van der Waals surface area (Å²) in [6.07, 6.45) is 2.94. The van der Waals surface area contributed by atoms with Gasteiger partial charge in [-0.3, -0.25) is 4.79 Å². The molecule has 1 amide bonds.